The number of carbonyl (C=O) groups is 2. The zero-order chi connectivity index (χ0) is 21.1. The lowest BCUT2D eigenvalue weighted by Crippen LogP contribution is -2.37. The van der Waals surface area contributed by atoms with Crippen molar-refractivity contribution in [1.29, 1.82) is 0 Å². The van der Waals surface area contributed by atoms with E-state index in [2.05, 4.69) is 10.2 Å². The number of halogens is 2. The van der Waals surface area contributed by atoms with E-state index in [1.807, 2.05) is 12.1 Å². The van der Waals surface area contributed by atoms with Crippen LogP contribution < -0.4 is 5.32 Å². The van der Waals surface area contributed by atoms with Gasteiger partial charge >= 0.3 is 0 Å². The Balaban J connectivity index is 1.68. The summed E-state index contributed by atoms with van der Waals surface area (Å²) in [6.07, 6.45) is 0.574. The van der Waals surface area contributed by atoms with Crippen LogP contribution in [0.15, 0.2) is 47.4 Å². The van der Waals surface area contributed by atoms with E-state index in [1.165, 1.54) is 6.07 Å². The minimum Gasteiger partial charge on any atom is -0.379 e. The number of rotatable bonds is 5. The van der Waals surface area contributed by atoms with Gasteiger partial charge in [-0.3, -0.25) is 19.8 Å². The van der Waals surface area contributed by atoms with E-state index in [9.17, 15) is 18.4 Å². The number of hydrogen-bond acceptors (Lipinski definition) is 5. The van der Waals surface area contributed by atoms with E-state index in [0.29, 0.717) is 35.7 Å². The molecule has 156 valence electrons. The molecule has 0 unspecified atom stereocenters. The molecule has 0 spiro atoms. The number of hydrogen-bond donors (Lipinski definition) is 1. The van der Waals surface area contributed by atoms with E-state index in [0.717, 1.165) is 54.7 Å². The molecule has 2 aromatic carbocycles. The molecule has 0 aliphatic carbocycles. The van der Waals surface area contributed by atoms with Crippen LogP contribution in [0.3, 0.4) is 0 Å². The summed E-state index contributed by atoms with van der Waals surface area (Å²) in [5, 5.41) is 1.92. The summed E-state index contributed by atoms with van der Waals surface area (Å²) < 4.78 is 32.4. The molecule has 2 amide bonds. The molecule has 2 aromatic rings. The summed E-state index contributed by atoms with van der Waals surface area (Å²) >= 11 is 0.897. The van der Waals surface area contributed by atoms with Gasteiger partial charge < -0.3 is 4.74 Å². The highest BCUT2D eigenvalue weighted by atomic mass is 32.2. The van der Waals surface area contributed by atoms with Crippen LogP contribution in [-0.4, -0.2) is 48.9 Å². The second-order valence-corrected chi connectivity index (χ2v) is 8.05. The quantitative estimate of drug-likeness (QED) is 0.726. The molecular weight excluding hydrogens is 410 g/mol. The zero-order valence-electron chi connectivity index (χ0n) is 16.1. The molecule has 2 aliphatic heterocycles. The lowest BCUT2D eigenvalue weighted by molar-refractivity contribution is -0.115. The van der Waals surface area contributed by atoms with Gasteiger partial charge in [0.05, 0.1) is 18.1 Å². The zero-order valence-corrected chi connectivity index (χ0v) is 16.9. The number of thioether (sulfide) groups is 1. The van der Waals surface area contributed by atoms with Crippen molar-refractivity contribution in [3.8, 4) is 11.1 Å². The van der Waals surface area contributed by atoms with Gasteiger partial charge in [0.15, 0.2) is 11.6 Å². The molecule has 2 aliphatic rings. The van der Waals surface area contributed by atoms with Gasteiger partial charge in [-0.05, 0) is 58.6 Å². The Labute approximate surface area is 177 Å². The maximum atomic E-state index is 13.7. The summed E-state index contributed by atoms with van der Waals surface area (Å²) in [7, 11) is 0. The predicted octanol–water partition coefficient (Wildman–Crippen LogP) is 4.05. The Hall–Kier alpha value is -2.55. The molecule has 0 radical (unpaired) electrons. The Kier molecular flexibility index (Phi) is 6.26. The molecule has 4 rings (SSSR count). The van der Waals surface area contributed by atoms with Gasteiger partial charge in [-0.25, -0.2) is 8.78 Å². The number of benzene rings is 2. The van der Waals surface area contributed by atoms with E-state index in [-0.39, 0.29) is 0 Å². The van der Waals surface area contributed by atoms with Crippen molar-refractivity contribution in [3.63, 3.8) is 0 Å². The smallest absolute Gasteiger partial charge is 0.290 e. The summed E-state index contributed by atoms with van der Waals surface area (Å²) in [5.74, 6) is -2.22. The van der Waals surface area contributed by atoms with Crippen LogP contribution in [0.1, 0.15) is 12.0 Å². The van der Waals surface area contributed by atoms with E-state index in [4.69, 9.17) is 4.74 Å². The minimum atomic E-state index is -0.917. The first-order valence-corrected chi connectivity index (χ1v) is 10.4. The number of nitrogens with one attached hydrogen (secondary N) is 1. The highest BCUT2D eigenvalue weighted by Crippen LogP contribution is 2.35. The lowest BCUT2D eigenvalue weighted by Gasteiger charge is -2.27. The Morgan fingerprint density at radius 3 is 2.50 bits per heavy atom. The average Bonchev–Trinajstić information content (AvgIpc) is 3.09. The van der Waals surface area contributed by atoms with Crippen molar-refractivity contribution in [2.45, 2.75) is 6.42 Å². The monoisotopic (exact) mass is 430 g/mol. The van der Waals surface area contributed by atoms with Gasteiger partial charge in [0.2, 0.25) is 0 Å². The van der Waals surface area contributed by atoms with E-state index >= 15 is 0 Å². The Morgan fingerprint density at radius 2 is 1.80 bits per heavy atom. The second-order valence-electron chi connectivity index (χ2n) is 7.07. The van der Waals surface area contributed by atoms with Crippen molar-refractivity contribution in [1.82, 2.24) is 10.2 Å². The molecule has 5 nitrogen and oxygen atoms in total. The normalized spacial score (nSPS) is 19.1. The van der Waals surface area contributed by atoms with Crippen LogP contribution in [0.4, 0.5) is 13.6 Å². The third-order valence-corrected chi connectivity index (χ3v) is 6.06. The molecule has 2 saturated heterocycles. The molecule has 2 fully saturated rings. The standard InChI is InChI=1S/C22H20F2N2O3S/c23-18-5-4-15(13-19(18)24)14-2-1-3-16(12-14)17(20-21(27)25-22(28)30-20)6-7-26-8-10-29-11-9-26/h1-5,12-13H,6-11H2,(H,25,27,28)/b20-17-. The van der Waals surface area contributed by atoms with Crippen LogP contribution >= 0.6 is 11.8 Å². The van der Waals surface area contributed by atoms with Gasteiger partial charge in [0.25, 0.3) is 11.1 Å². The molecule has 0 bridgehead atoms. The SMILES string of the molecule is O=C1NC(=O)/C(=C(\CCN2CCOCC2)c2cccc(-c3ccc(F)c(F)c3)c2)S1. The highest BCUT2D eigenvalue weighted by molar-refractivity contribution is 8.18. The third-order valence-electron chi connectivity index (χ3n) is 5.14. The van der Waals surface area contributed by atoms with E-state index in [1.54, 1.807) is 12.1 Å². The van der Waals surface area contributed by atoms with Crippen LogP contribution in [0, 0.1) is 11.6 Å². The van der Waals surface area contributed by atoms with Crippen LogP contribution in [0.25, 0.3) is 16.7 Å². The average molecular weight is 430 g/mol. The molecule has 2 heterocycles. The largest absolute Gasteiger partial charge is 0.379 e. The summed E-state index contributed by atoms with van der Waals surface area (Å²) in [6, 6.07) is 11.1. The van der Waals surface area contributed by atoms with Crippen molar-refractivity contribution < 1.29 is 23.1 Å². The molecule has 30 heavy (non-hydrogen) atoms. The third kappa shape index (κ3) is 4.61. The first-order valence-electron chi connectivity index (χ1n) is 9.63. The number of amides is 2. The molecular formula is C22H20F2N2O3S. The van der Waals surface area contributed by atoms with Gasteiger partial charge in [-0.2, -0.15) is 0 Å². The number of ether oxygens (including phenoxy) is 1. The minimum absolute atomic E-state index is 0.385. The second kappa shape index (κ2) is 9.07. The highest BCUT2D eigenvalue weighted by Gasteiger charge is 2.29. The van der Waals surface area contributed by atoms with Crippen LogP contribution in [0.2, 0.25) is 0 Å². The summed E-state index contributed by atoms with van der Waals surface area (Å²) in [4.78, 5) is 26.7. The first kappa shape index (κ1) is 20.7. The van der Waals surface area contributed by atoms with Crippen molar-refractivity contribution in [3.05, 3.63) is 64.6 Å². The van der Waals surface area contributed by atoms with Gasteiger partial charge in [0, 0.05) is 19.6 Å². The fourth-order valence-electron chi connectivity index (χ4n) is 3.56. The van der Waals surface area contributed by atoms with Crippen molar-refractivity contribution >= 4 is 28.5 Å². The maximum absolute atomic E-state index is 13.7. The Bertz CT molecular complexity index is 1020. The summed E-state index contributed by atoms with van der Waals surface area (Å²) in [5.41, 5.74) is 2.77. The van der Waals surface area contributed by atoms with Crippen molar-refractivity contribution in [2.75, 3.05) is 32.8 Å². The predicted molar refractivity (Wildman–Crippen MR) is 112 cm³/mol. The molecule has 0 aromatic heterocycles. The van der Waals surface area contributed by atoms with Crippen LogP contribution in [-0.2, 0) is 9.53 Å². The number of imide groups is 1. The topological polar surface area (TPSA) is 58.6 Å². The summed E-state index contributed by atoms with van der Waals surface area (Å²) in [6.45, 7) is 3.70. The number of nitrogens with zero attached hydrogens (tertiary/aromatic N) is 1. The fourth-order valence-corrected chi connectivity index (χ4v) is 4.37. The van der Waals surface area contributed by atoms with Gasteiger partial charge in [0.1, 0.15) is 0 Å². The van der Waals surface area contributed by atoms with Gasteiger partial charge in [-0.15, -0.1) is 0 Å². The molecule has 8 heteroatoms. The number of morpholine rings is 1. The maximum Gasteiger partial charge on any atom is 0.290 e. The van der Waals surface area contributed by atoms with Crippen LogP contribution in [0.5, 0.6) is 0 Å². The molecule has 1 N–H and O–H groups in total. The Morgan fingerprint density at radius 1 is 1.03 bits per heavy atom. The van der Waals surface area contributed by atoms with Gasteiger partial charge in [-0.1, -0.05) is 24.3 Å². The molecule has 0 saturated carbocycles. The first-order chi connectivity index (χ1) is 14.5. The fraction of sp³-hybridized carbons (Fsp3) is 0.273. The number of carbonyl (C=O) groups excluding carboxylic acids is 2. The lowest BCUT2D eigenvalue weighted by atomic mass is 9.96. The van der Waals surface area contributed by atoms with E-state index < -0.39 is 22.8 Å². The molecule has 0 atom stereocenters. The van der Waals surface area contributed by atoms with Crippen molar-refractivity contribution in [2.24, 2.45) is 0 Å².